The van der Waals surface area contributed by atoms with Crippen molar-refractivity contribution in [3.05, 3.63) is 39.0 Å². The second-order valence-electron chi connectivity index (χ2n) is 4.21. The van der Waals surface area contributed by atoms with E-state index in [9.17, 15) is 10.1 Å². The zero-order valence-electron chi connectivity index (χ0n) is 9.86. The van der Waals surface area contributed by atoms with Gasteiger partial charge in [0.05, 0.1) is 9.95 Å². The summed E-state index contributed by atoms with van der Waals surface area (Å²) in [6.07, 6.45) is 8.06. The lowest BCUT2D eigenvalue weighted by Gasteiger charge is -2.06. The number of anilines is 1. The van der Waals surface area contributed by atoms with Crippen molar-refractivity contribution in [3.8, 4) is 0 Å². The first kappa shape index (κ1) is 12.8. The topological polar surface area (TPSA) is 68.1 Å². The molecule has 0 amide bonds. The van der Waals surface area contributed by atoms with Crippen molar-refractivity contribution in [2.24, 2.45) is 0 Å². The lowest BCUT2D eigenvalue weighted by Crippen LogP contribution is -2.06. The summed E-state index contributed by atoms with van der Waals surface area (Å²) in [7, 11) is 0. The molecule has 0 unspecified atom stereocenters. The Hall–Kier alpha value is -1.62. The van der Waals surface area contributed by atoms with Gasteiger partial charge in [-0.2, -0.15) is 0 Å². The Bertz CT molecular complexity index is 488. The summed E-state index contributed by atoms with van der Waals surface area (Å²) in [4.78, 5) is 14.3. The number of pyridine rings is 1. The number of hydrogen-bond acceptors (Lipinski definition) is 4. The van der Waals surface area contributed by atoms with Crippen LogP contribution < -0.4 is 5.32 Å². The smallest absolute Gasteiger partial charge is 0.312 e. The molecule has 0 saturated carbocycles. The molecule has 1 aliphatic rings. The highest BCUT2D eigenvalue weighted by molar-refractivity contribution is 6.30. The third-order valence-electron chi connectivity index (χ3n) is 2.90. The summed E-state index contributed by atoms with van der Waals surface area (Å²) >= 11 is 5.69. The van der Waals surface area contributed by atoms with Crippen LogP contribution >= 0.6 is 11.6 Å². The Morgan fingerprint density at radius 2 is 2.39 bits per heavy atom. The number of nitro groups is 1. The van der Waals surface area contributed by atoms with E-state index in [0.29, 0.717) is 6.54 Å². The minimum absolute atomic E-state index is 0.0806. The van der Waals surface area contributed by atoms with Gasteiger partial charge in [0.1, 0.15) is 0 Å². The second-order valence-corrected chi connectivity index (χ2v) is 4.65. The standard InChI is InChI=1S/C12H14ClN3O2/c13-10-7-11(16(17)18)12(15-8-10)14-6-5-9-3-1-2-4-9/h3,7-8H,1-2,4-6H2,(H,14,15). The van der Waals surface area contributed by atoms with Gasteiger partial charge in [-0.15, -0.1) is 0 Å². The van der Waals surface area contributed by atoms with E-state index in [1.165, 1.54) is 24.3 Å². The number of allylic oxidation sites excluding steroid dienone is 1. The lowest BCUT2D eigenvalue weighted by atomic mass is 10.2. The molecule has 18 heavy (non-hydrogen) atoms. The maximum atomic E-state index is 10.8. The van der Waals surface area contributed by atoms with E-state index in [0.717, 1.165) is 19.3 Å². The number of aromatic nitrogens is 1. The fourth-order valence-electron chi connectivity index (χ4n) is 2.01. The number of nitrogens with one attached hydrogen (secondary N) is 1. The Kier molecular flexibility index (Phi) is 4.15. The lowest BCUT2D eigenvalue weighted by molar-refractivity contribution is -0.384. The maximum Gasteiger partial charge on any atom is 0.312 e. The summed E-state index contributed by atoms with van der Waals surface area (Å²) in [6, 6.07) is 1.31. The third-order valence-corrected chi connectivity index (χ3v) is 3.11. The van der Waals surface area contributed by atoms with Crippen LogP contribution in [0.15, 0.2) is 23.9 Å². The van der Waals surface area contributed by atoms with E-state index in [1.54, 1.807) is 0 Å². The summed E-state index contributed by atoms with van der Waals surface area (Å²) in [5.41, 5.74) is 1.34. The number of rotatable bonds is 5. The minimum atomic E-state index is -0.476. The van der Waals surface area contributed by atoms with Crippen LogP contribution in [0.4, 0.5) is 11.5 Å². The SMILES string of the molecule is O=[N+]([O-])c1cc(Cl)cnc1NCCC1=CCCC1. The van der Waals surface area contributed by atoms with E-state index in [2.05, 4.69) is 16.4 Å². The van der Waals surface area contributed by atoms with Crippen LogP contribution in [0.1, 0.15) is 25.7 Å². The number of nitrogens with zero attached hydrogens (tertiary/aromatic N) is 2. The van der Waals surface area contributed by atoms with Crippen LogP contribution in [0.2, 0.25) is 5.02 Å². The molecule has 0 atom stereocenters. The highest BCUT2D eigenvalue weighted by Gasteiger charge is 2.15. The zero-order valence-corrected chi connectivity index (χ0v) is 10.6. The third kappa shape index (κ3) is 3.20. The molecule has 6 heteroatoms. The van der Waals surface area contributed by atoms with Crippen LogP contribution in [0.3, 0.4) is 0 Å². The fourth-order valence-corrected chi connectivity index (χ4v) is 2.16. The Balaban J connectivity index is 1.98. The molecule has 0 aliphatic heterocycles. The molecule has 1 heterocycles. The van der Waals surface area contributed by atoms with Crippen LogP contribution in [-0.4, -0.2) is 16.5 Å². The predicted octanol–water partition coefficient (Wildman–Crippen LogP) is 3.56. The Morgan fingerprint density at radius 3 is 3.06 bits per heavy atom. The zero-order chi connectivity index (χ0) is 13.0. The van der Waals surface area contributed by atoms with Crippen LogP contribution in [-0.2, 0) is 0 Å². The normalized spacial score (nSPS) is 14.4. The van der Waals surface area contributed by atoms with Gasteiger partial charge in [0.2, 0.25) is 5.82 Å². The van der Waals surface area contributed by atoms with Crippen molar-refractivity contribution < 1.29 is 4.92 Å². The fraction of sp³-hybridized carbons (Fsp3) is 0.417. The quantitative estimate of drug-likeness (QED) is 0.503. The van der Waals surface area contributed by atoms with Gasteiger partial charge in [0.15, 0.2) is 0 Å². The van der Waals surface area contributed by atoms with E-state index in [1.807, 2.05) is 0 Å². The highest BCUT2D eigenvalue weighted by Crippen LogP contribution is 2.26. The molecule has 0 bridgehead atoms. The van der Waals surface area contributed by atoms with Gasteiger partial charge in [-0.1, -0.05) is 23.3 Å². The Morgan fingerprint density at radius 1 is 1.56 bits per heavy atom. The van der Waals surface area contributed by atoms with Gasteiger partial charge in [-0.3, -0.25) is 10.1 Å². The molecule has 1 aromatic rings. The molecule has 0 aromatic carbocycles. The van der Waals surface area contributed by atoms with Gasteiger partial charge in [-0.25, -0.2) is 4.98 Å². The predicted molar refractivity (Wildman–Crippen MR) is 70.9 cm³/mol. The summed E-state index contributed by atoms with van der Waals surface area (Å²) in [5.74, 6) is 0.281. The van der Waals surface area contributed by atoms with Gasteiger partial charge < -0.3 is 5.32 Å². The minimum Gasteiger partial charge on any atom is -0.364 e. The first-order chi connectivity index (χ1) is 8.66. The maximum absolute atomic E-state index is 10.8. The Labute approximate surface area is 110 Å². The van der Waals surface area contributed by atoms with Crippen LogP contribution in [0, 0.1) is 10.1 Å². The van der Waals surface area contributed by atoms with E-state index < -0.39 is 4.92 Å². The van der Waals surface area contributed by atoms with Crippen molar-refractivity contribution in [1.82, 2.24) is 4.98 Å². The van der Waals surface area contributed by atoms with E-state index in [-0.39, 0.29) is 16.5 Å². The summed E-state index contributed by atoms with van der Waals surface area (Å²) in [5, 5.41) is 14.1. The monoisotopic (exact) mass is 267 g/mol. The van der Waals surface area contributed by atoms with Crippen molar-refractivity contribution in [2.75, 3.05) is 11.9 Å². The average molecular weight is 268 g/mol. The number of halogens is 1. The largest absolute Gasteiger partial charge is 0.364 e. The molecule has 0 saturated heterocycles. The molecule has 2 rings (SSSR count). The molecular formula is C12H14ClN3O2. The molecule has 1 N–H and O–H groups in total. The first-order valence-electron chi connectivity index (χ1n) is 5.88. The molecule has 0 spiro atoms. The van der Waals surface area contributed by atoms with Gasteiger partial charge in [0, 0.05) is 18.8 Å². The average Bonchev–Trinajstić information content (AvgIpc) is 2.84. The molecule has 0 fully saturated rings. The van der Waals surface area contributed by atoms with Crippen LogP contribution in [0.5, 0.6) is 0 Å². The van der Waals surface area contributed by atoms with Crippen molar-refractivity contribution in [1.29, 1.82) is 0 Å². The van der Waals surface area contributed by atoms with Crippen molar-refractivity contribution in [2.45, 2.75) is 25.7 Å². The molecule has 1 aromatic heterocycles. The molecule has 0 radical (unpaired) electrons. The molecule has 96 valence electrons. The van der Waals surface area contributed by atoms with E-state index in [4.69, 9.17) is 11.6 Å². The van der Waals surface area contributed by atoms with E-state index >= 15 is 0 Å². The highest BCUT2D eigenvalue weighted by atomic mass is 35.5. The first-order valence-corrected chi connectivity index (χ1v) is 6.26. The molecule has 5 nitrogen and oxygen atoms in total. The van der Waals surface area contributed by atoms with Crippen LogP contribution in [0.25, 0.3) is 0 Å². The summed E-state index contributed by atoms with van der Waals surface area (Å²) in [6.45, 7) is 0.654. The van der Waals surface area contributed by atoms with Gasteiger partial charge in [0.25, 0.3) is 0 Å². The van der Waals surface area contributed by atoms with Crippen molar-refractivity contribution >= 4 is 23.1 Å². The summed E-state index contributed by atoms with van der Waals surface area (Å²) < 4.78 is 0. The van der Waals surface area contributed by atoms with Gasteiger partial charge >= 0.3 is 5.69 Å². The molecule has 1 aliphatic carbocycles. The number of hydrogen-bond donors (Lipinski definition) is 1. The van der Waals surface area contributed by atoms with Gasteiger partial charge in [-0.05, 0) is 25.7 Å². The van der Waals surface area contributed by atoms with Crippen molar-refractivity contribution in [3.63, 3.8) is 0 Å². The molecular weight excluding hydrogens is 254 g/mol. The second kappa shape index (κ2) is 5.82.